The molecule has 26 heavy (non-hydrogen) atoms. The third kappa shape index (κ3) is 4.22. The second-order valence-corrected chi connectivity index (χ2v) is 6.28. The van der Waals surface area contributed by atoms with Gasteiger partial charge in [-0.15, -0.1) is 0 Å². The molecule has 0 aliphatic rings. The van der Waals surface area contributed by atoms with E-state index in [1.807, 2.05) is 66.7 Å². The molecule has 0 aliphatic carbocycles. The van der Waals surface area contributed by atoms with Crippen LogP contribution < -0.4 is 5.43 Å². The van der Waals surface area contributed by atoms with Gasteiger partial charge in [-0.25, -0.2) is 5.43 Å². The number of hydrogen-bond donors (Lipinski definition) is 1. The van der Waals surface area contributed by atoms with Crippen molar-refractivity contribution >= 4 is 11.6 Å². The molecule has 0 saturated heterocycles. The maximum absolute atomic E-state index is 12.5. The van der Waals surface area contributed by atoms with Crippen LogP contribution in [0.4, 0.5) is 0 Å². The fourth-order valence-electron chi connectivity index (χ4n) is 2.59. The normalized spacial score (nSPS) is 11.4. The fraction of sp³-hybridized carbons (Fsp3) is 0.136. The lowest BCUT2D eigenvalue weighted by molar-refractivity contribution is 0.0955. The molecule has 0 atom stereocenters. The third-order valence-corrected chi connectivity index (χ3v) is 4.11. The number of hydrazone groups is 1. The Morgan fingerprint density at radius 3 is 2.08 bits per heavy atom. The van der Waals surface area contributed by atoms with Crippen LogP contribution in [0.25, 0.3) is 0 Å². The van der Waals surface area contributed by atoms with Crippen molar-refractivity contribution in [3.8, 4) is 0 Å². The molecule has 1 amide bonds. The summed E-state index contributed by atoms with van der Waals surface area (Å²) in [7, 11) is 0. The number of pyridine rings is 1. The minimum atomic E-state index is -0.234. The van der Waals surface area contributed by atoms with E-state index in [2.05, 4.69) is 29.4 Å². The number of benzene rings is 2. The lowest BCUT2D eigenvalue weighted by atomic mass is 10.0. The van der Waals surface area contributed by atoms with Gasteiger partial charge < -0.3 is 0 Å². The van der Waals surface area contributed by atoms with Crippen molar-refractivity contribution < 1.29 is 4.79 Å². The molecule has 0 bridgehead atoms. The molecular weight excluding hydrogens is 322 g/mol. The molecule has 3 rings (SSSR count). The third-order valence-electron chi connectivity index (χ3n) is 4.11. The zero-order valence-corrected chi connectivity index (χ0v) is 14.9. The van der Waals surface area contributed by atoms with Crippen molar-refractivity contribution in [2.75, 3.05) is 0 Å². The maximum atomic E-state index is 12.5. The Hall–Kier alpha value is -3.27. The van der Waals surface area contributed by atoms with Crippen molar-refractivity contribution in [1.29, 1.82) is 0 Å². The van der Waals surface area contributed by atoms with Crippen LogP contribution >= 0.6 is 0 Å². The van der Waals surface area contributed by atoms with Crippen molar-refractivity contribution in [3.05, 3.63) is 101 Å². The fourth-order valence-corrected chi connectivity index (χ4v) is 2.59. The van der Waals surface area contributed by atoms with E-state index < -0.39 is 0 Å². The van der Waals surface area contributed by atoms with Crippen LogP contribution in [0, 0.1) is 0 Å². The van der Waals surface area contributed by atoms with Gasteiger partial charge >= 0.3 is 0 Å². The number of carbonyl (C=O) groups is 1. The predicted octanol–water partition coefficient (Wildman–Crippen LogP) is 4.39. The average molecular weight is 343 g/mol. The topological polar surface area (TPSA) is 54.4 Å². The van der Waals surface area contributed by atoms with Gasteiger partial charge in [-0.1, -0.05) is 56.3 Å². The van der Waals surface area contributed by atoms with E-state index in [9.17, 15) is 4.79 Å². The van der Waals surface area contributed by atoms with Gasteiger partial charge in [0, 0.05) is 29.1 Å². The molecule has 0 aliphatic heterocycles. The van der Waals surface area contributed by atoms with E-state index in [0.29, 0.717) is 17.2 Å². The molecule has 1 N–H and O–H groups in total. The molecule has 4 nitrogen and oxygen atoms in total. The molecule has 0 fully saturated rings. The number of hydrogen-bond acceptors (Lipinski definition) is 3. The highest BCUT2D eigenvalue weighted by Gasteiger charge is 2.09. The van der Waals surface area contributed by atoms with Crippen LogP contribution in [0.5, 0.6) is 0 Å². The van der Waals surface area contributed by atoms with Crippen molar-refractivity contribution in [2.45, 2.75) is 19.8 Å². The Labute approximate surface area is 153 Å². The zero-order valence-electron chi connectivity index (χ0n) is 14.9. The highest BCUT2D eigenvalue weighted by Crippen LogP contribution is 2.15. The minimum absolute atomic E-state index is 0.234. The smallest absolute Gasteiger partial charge is 0.267 e. The number of carbonyl (C=O) groups excluding carboxylic acids is 1. The molecule has 0 saturated carbocycles. The standard InChI is InChI=1S/C22H21N3O/c1-16(2)17-8-10-20(11-9-17)22(26)25-24-21(18-6-4-3-5-7-18)19-12-14-23-15-13-19/h3-16H,1-2H3,(H,25,26). The van der Waals surface area contributed by atoms with Gasteiger partial charge in [-0.2, -0.15) is 5.10 Å². The minimum Gasteiger partial charge on any atom is -0.267 e. The SMILES string of the molecule is CC(C)c1ccc(C(=O)NN=C(c2ccccc2)c2ccncc2)cc1. The van der Waals surface area contributed by atoms with Gasteiger partial charge in [0.15, 0.2) is 0 Å². The van der Waals surface area contributed by atoms with Crippen LogP contribution in [0.1, 0.15) is 46.8 Å². The lowest BCUT2D eigenvalue weighted by Gasteiger charge is -2.09. The first-order valence-electron chi connectivity index (χ1n) is 8.59. The molecule has 0 unspecified atom stereocenters. The summed E-state index contributed by atoms with van der Waals surface area (Å²) in [6.07, 6.45) is 3.42. The second-order valence-electron chi connectivity index (χ2n) is 6.28. The highest BCUT2D eigenvalue weighted by atomic mass is 16.2. The van der Waals surface area contributed by atoms with Gasteiger partial charge in [-0.05, 0) is 35.7 Å². The molecule has 0 radical (unpaired) electrons. The molecule has 2 aromatic carbocycles. The average Bonchev–Trinajstić information content (AvgIpc) is 2.69. The molecule has 130 valence electrons. The largest absolute Gasteiger partial charge is 0.271 e. The van der Waals surface area contributed by atoms with E-state index in [1.165, 1.54) is 5.56 Å². The van der Waals surface area contributed by atoms with Crippen LogP contribution in [0.2, 0.25) is 0 Å². The number of aromatic nitrogens is 1. The van der Waals surface area contributed by atoms with Crippen LogP contribution in [-0.4, -0.2) is 16.6 Å². The van der Waals surface area contributed by atoms with Gasteiger partial charge in [0.05, 0.1) is 5.71 Å². The Morgan fingerprint density at radius 2 is 1.46 bits per heavy atom. The van der Waals surface area contributed by atoms with E-state index in [0.717, 1.165) is 11.1 Å². The van der Waals surface area contributed by atoms with Crippen molar-refractivity contribution in [3.63, 3.8) is 0 Å². The molecule has 4 heteroatoms. The Balaban J connectivity index is 1.85. The van der Waals surface area contributed by atoms with Crippen LogP contribution in [0.15, 0.2) is 84.2 Å². The quantitative estimate of drug-likeness (QED) is 0.552. The summed E-state index contributed by atoms with van der Waals surface area (Å²) in [5.41, 5.74) is 6.97. The summed E-state index contributed by atoms with van der Waals surface area (Å²) in [4.78, 5) is 16.5. The molecule has 1 aromatic heterocycles. The summed E-state index contributed by atoms with van der Waals surface area (Å²) >= 11 is 0. The second kappa shape index (κ2) is 8.21. The van der Waals surface area contributed by atoms with Gasteiger partial charge in [0.25, 0.3) is 5.91 Å². The summed E-state index contributed by atoms with van der Waals surface area (Å²) in [5, 5.41) is 4.39. The first kappa shape index (κ1) is 17.5. The number of nitrogens with one attached hydrogen (secondary N) is 1. The predicted molar refractivity (Wildman–Crippen MR) is 104 cm³/mol. The monoisotopic (exact) mass is 343 g/mol. The lowest BCUT2D eigenvalue weighted by Crippen LogP contribution is -2.20. The Kier molecular flexibility index (Phi) is 5.54. The molecular formula is C22H21N3O. The Morgan fingerprint density at radius 1 is 0.846 bits per heavy atom. The molecule has 1 heterocycles. The van der Waals surface area contributed by atoms with Crippen LogP contribution in [0.3, 0.4) is 0 Å². The summed E-state index contributed by atoms with van der Waals surface area (Å²) in [5.74, 6) is 0.198. The summed E-state index contributed by atoms with van der Waals surface area (Å²) < 4.78 is 0. The summed E-state index contributed by atoms with van der Waals surface area (Å²) in [6, 6.07) is 21.1. The van der Waals surface area contributed by atoms with Crippen molar-refractivity contribution in [1.82, 2.24) is 10.4 Å². The Bertz CT molecular complexity index is 844. The molecule has 3 aromatic rings. The number of nitrogens with zero attached hydrogens (tertiary/aromatic N) is 2. The maximum Gasteiger partial charge on any atom is 0.271 e. The van der Waals surface area contributed by atoms with Gasteiger partial charge in [-0.3, -0.25) is 9.78 Å². The number of amides is 1. The van der Waals surface area contributed by atoms with E-state index in [-0.39, 0.29) is 5.91 Å². The first-order valence-corrected chi connectivity index (χ1v) is 8.59. The van der Waals surface area contributed by atoms with Gasteiger partial charge in [0.2, 0.25) is 0 Å². The zero-order chi connectivity index (χ0) is 18.4. The van der Waals surface area contributed by atoms with Gasteiger partial charge in [0.1, 0.15) is 0 Å². The van der Waals surface area contributed by atoms with E-state index in [1.54, 1.807) is 12.4 Å². The molecule has 0 spiro atoms. The van der Waals surface area contributed by atoms with E-state index in [4.69, 9.17) is 0 Å². The van der Waals surface area contributed by atoms with E-state index >= 15 is 0 Å². The highest BCUT2D eigenvalue weighted by molar-refractivity contribution is 6.13. The summed E-state index contributed by atoms with van der Waals surface area (Å²) in [6.45, 7) is 4.25. The number of rotatable bonds is 5. The first-order chi connectivity index (χ1) is 12.6. The van der Waals surface area contributed by atoms with Crippen LogP contribution in [-0.2, 0) is 0 Å². The van der Waals surface area contributed by atoms with Crippen molar-refractivity contribution in [2.24, 2.45) is 5.10 Å².